The van der Waals surface area contributed by atoms with Crippen LogP contribution in [0.15, 0.2) is 65.6 Å². The molecular weight excluding hydrogens is 292 g/mol. The average molecular weight is 304 g/mol. The van der Waals surface area contributed by atoms with Crippen molar-refractivity contribution in [1.29, 1.82) is 0 Å². The summed E-state index contributed by atoms with van der Waals surface area (Å²) in [5.41, 5.74) is 1.69. The fraction of sp³-hybridized carbons (Fsp3) is 0. The third-order valence-corrected chi connectivity index (χ3v) is 3.50. The second-order valence-electron chi connectivity index (χ2n) is 5.00. The third kappa shape index (κ3) is 2.46. The summed E-state index contributed by atoms with van der Waals surface area (Å²) < 4.78 is 5.76. The van der Waals surface area contributed by atoms with E-state index in [4.69, 9.17) is 4.74 Å². The summed E-state index contributed by atoms with van der Waals surface area (Å²) in [4.78, 5) is 11.7. The van der Waals surface area contributed by atoms with Crippen LogP contribution in [-0.2, 0) is 0 Å². The lowest BCUT2D eigenvalue weighted by Gasteiger charge is -2.06. The van der Waals surface area contributed by atoms with Crippen LogP contribution in [-0.4, -0.2) is 20.4 Å². The molecule has 0 amide bonds. The number of ether oxygens (including phenoxy) is 1. The molecule has 0 aliphatic carbocycles. The molecule has 2 N–H and O–H groups in total. The van der Waals surface area contributed by atoms with E-state index in [2.05, 4.69) is 20.4 Å². The van der Waals surface area contributed by atoms with Crippen LogP contribution in [0.4, 0.5) is 0 Å². The second-order valence-corrected chi connectivity index (χ2v) is 5.00. The van der Waals surface area contributed by atoms with Gasteiger partial charge in [-0.15, -0.1) is 0 Å². The summed E-state index contributed by atoms with van der Waals surface area (Å²) in [6.45, 7) is 0. The Hall–Kier alpha value is -3.41. The van der Waals surface area contributed by atoms with Crippen LogP contribution in [0.2, 0.25) is 0 Å². The number of benzene rings is 2. The molecule has 0 saturated heterocycles. The molecule has 6 nitrogen and oxygen atoms in total. The fourth-order valence-electron chi connectivity index (χ4n) is 2.39. The first-order valence-electron chi connectivity index (χ1n) is 7.06. The van der Waals surface area contributed by atoms with Gasteiger partial charge in [0, 0.05) is 5.56 Å². The number of nitrogens with one attached hydrogen (secondary N) is 2. The maximum Gasteiger partial charge on any atom is 0.290 e. The highest BCUT2D eigenvalue weighted by Gasteiger charge is 2.10. The van der Waals surface area contributed by atoms with E-state index in [1.54, 1.807) is 6.20 Å². The number of H-pyrrole nitrogens is 2. The average Bonchev–Trinajstić information content (AvgIpc) is 3.02. The maximum absolute atomic E-state index is 11.7. The Morgan fingerprint density at radius 2 is 1.61 bits per heavy atom. The predicted molar refractivity (Wildman–Crippen MR) is 86.5 cm³/mol. The highest BCUT2D eigenvalue weighted by atomic mass is 16.5. The number of fused-ring (bicyclic) bond motifs is 1. The summed E-state index contributed by atoms with van der Waals surface area (Å²) in [6, 6.07) is 17.1. The standard InChI is InChI=1S/C17H12N4O2/c22-17-16-14(10-18-21-17)15(19-20-16)11-6-8-13(9-7-11)23-12-4-2-1-3-5-12/h1-10H,(H,19,20)(H,21,22). The minimum Gasteiger partial charge on any atom is -0.457 e. The van der Waals surface area contributed by atoms with Crippen LogP contribution in [0.5, 0.6) is 11.5 Å². The molecule has 0 saturated carbocycles. The van der Waals surface area contributed by atoms with Crippen LogP contribution in [0.1, 0.15) is 0 Å². The molecule has 2 heterocycles. The van der Waals surface area contributed by atoms with E-state index in [1.807, 2.05) is 54.6 Å². The van der Waals surface area contributed by atoms with Crippen molar-refractivity contribution in [1.82, 2.24) is 20.4 Å². The molecule has 0 atom stereocenters. The van der Waals surface area contributed by atoms with E-state index in [0.29, 0.717) is 16.6 Å². The number of hydrogen-bond donors (Lipinski definition) is 2. The molecule has 4 rings (SSSR count). The van der Waals surface area contributed by atoms with E-state index in [0.717, 1.165) is 17.1 Å². The second kappa shape index (κ2) is 5.42. The molecule has 0 spiro atoms. The summed E-state index contributed by atoms with van der Waals surface area (Å²) in [7, 11) is 0. The lowest BCUT2D eigenvalue weighted by atomic mass is 10.1. The maximum atomic E-state index is 11.7. The lowest BCUT2D eigenvalue weighted by molar-refractivity contribution is 0.483. The number of hydrogen-bond acceptors (Lipinski definition) is 4. The zero-order valence-corrected chi connectivity index (χ0v) is 12.0. The minimum atomic E-state index is -0.287. The van der Waals surface area contributed by atoms with Crippen molar-refractivity contribution in [3.63, 3.8) is 0 Å². The largest absolute Gasteiger partial charge is 0.457 e. The zero-order chi connectivity index (χ0) is 15.6. The molecule has 0 unspecified atom stereocenters. The third-order valence-electron chi connectivity index (χ3n) is 3.50. The lowest BCUT2D eigenvalue weighted by Crippen LogP contribution is -2.06. The number of nitrogens with zero attached hydrogens (tertiary/aromatic N) is 2. The predicted octanol–water partition coefficient (Wildman–Crippen LogP) is 3.11. The van der Waals surface area contributed by atoms with Gasteiger partial charge >= 0.3 is 0 Å². The van der Waals surface area contributed by atoms with Crippen molar-refractivity contribution in [2.45, 2.75) is 0 Å². The van der Waals surface area contributed by atoms with E-state index < -0.39 is 0 Å². The van der Waals surface area contributed by atoms with Gasteiger partial charge in [-0.1, -0.05) is 18.2 Å². The molecule has 4 aromatic rings. The quantitative estimate of drug-likeness (QED) is 0.609. The first kappa shape index (κ1) is 13.3. The van der Waals surface area contributed by atoms with Crippen molar-refractivity contribution in [2.24, 2.45) is 0 Å². The van der Waals surface area contributed by atoms with Crippen LogP contribution >= 0.6 is 0 Å². The summed E-state index contributed by atoms with van der Waals surface area (Å²) >= 11 is 0. The summed E-state index contributed by atoms with van der Waals surface area (Å²) in [6.07, 6.45) is 1.59. The molecule has 0 bridgehead atoms. The van der Waals surface area contributed by atoms with E-state index in [9.17, 15) is 4.79 Å². The van der Waals surface area contributed by atoms with Gasteiger partial charge in [0.15, 0.2) is 0 Å². The Kier molecular flexibility index (Phi) is 3.12. The van der Waals surface area contributed by atoms with Gasteiger partial charge in [-0.05, 0) is 36.4 Å². The number of aromatic nitrogens is 4. The van der Waals surface area contributed by atoms with Crippen molar-refractivity contribution in [3.05, 3.63) is 71.1 Å². The summed E-state index contributed by atoms with van der Waals surface area (Å²) in [5.74, 6) is 1.51. The molecule has 0 radical (unpaired) electrons. The van der Waals surface area contributed by atoms with Crippen LogP contribution < -0.4 is 10.3 Å². The Bertz CT molecular complexity index is 1000. The summed E-state index contributed by atoms with van der Waals surface area (Å²) in [5, 5.41) is 13.8. The molecule has 112 valence electrons. The number of para-hydroxylation sites is 1. The van der Waals surface area contributed by atoms with Crippen molar-refractivity contribution >= 4 is 10.9 Å². The normalized spacial score (nSPS) is 10.8. The first-order valence-corrected chi connectivity index (χ1v) is 7.06. The van der Waals surface area contributed by atoms with Crippen molar-refractivity contribution in [3.8, 4) is 22.8 Å². The topological polar surface area (TPSA) is 83.7 Å². The van der Waals surface area contributed by atoms with Crippen LogP contribution in [0, 0.1) is 0 Å². The Labute approximate surface area is 130 Å². The van der Waals surface area contributed by atoms with E-state index in [-0.39, 0.29) is 5.56 Å². The molecule has 0 aliphatic heterocycles. The van der Waals surface area contributed by atoms with Crippen molar-refractivity contribution in [2.75, 3.05) is 0 Å². The van der Waals surface area contributed by atoms with Gasteiger partial charge in [0.25, 0.3) is 5.56 Å². The minimum absolute atomic E-state index is 0.287. The Balaban J connectivity index is 1.67. The van der Waals surface area contributed by atoms with E-state index >= 15 is 0 Å². The van der Waals surface area contributed by atoms with Gasteiger partial charge in [0.1, 0.15) is 22.7 Å². The van der Waals surface area contributed by atoms with E-state index in [1.165, 1.54) is 0 Å². The highest BCUT2D eigenvalue weighted by Crippen LogP contribution is 2.27. The monoisotopic (exact) mass is 304 g/mol. The Morgan fingerprint density at radius 1 is 0.870 bits per heavy atom. The van der Waals surface area contributed by atoms with Gasteiger partial charge in [-0.3, -0.25) is 9.89 Å². The fourth-order valence-corrected chi connectivity index (χ4v) is 2.39. The highest BCUT2D eigenvalue weighted by molar-refractivity contribution is 5.91. The van der Waals surface area contributed by atoms with Crippen LogP contribution in [0.3, 0.4) is 0 Å². The van der Waals surface area contributed by atoms with Crippen molar-refractivity contribution < 1.29 is 4.74 Å². The van der Waals surface area contributed by atoms with Gasteiger partial charge in [-0.2, -0.15) is 10.2 Å². The SMILES string of the molecule is O=c1[nH]ncc2c(-c3ccc(Oc4ccccc4)cc3)n[nH]c12. The van der Waals surface area contributed by atoms with Crippen LogP contribution in [0.25, 0.3) is 22.2 Å². The van der Waals surface area contributed by atoms with Gasteiger partial charge in [0.05, 0.1) is 11.6 Å². The smallest absolute Gasteiger partial charge is 0.290 e. The first-order chi connectivity index (χ1) is 11.3. The number of aromatic amines is 2. The number of rotatable bonds is 3. The molecule has 0 fully saturated rings. The zero-order valence-electron chi connectivity index (χ0n) is 12.0. The molecular formula is C17H12N4O2. The van der Waals surface area contributed by atoms with Gasteiger partial charge < -0.3 is 4.74 Å². The Morgan fingerprint density at radius 3 is 2.39 bits per heavy atom. The molecule has 2 aromatic heterocycles. The van der Waals surface area contributed by atoms with Gasteiger partial charge in [-0.25, -0.2) is 5.10 Å². The van der Waals surface area contributed by atoms with Gasteiger partial charge in [0.2, 0.25) is 0 Å². The molecule has 2 aromatic carbocycles. The molecule has 23 heavy (non-hydrogen) atoms. The molecule has 0 aliphatic rings. The molecule has 6 heteroatoms.